The summed E-state index contributed by atoms with van der Waals surface area (Å²) in [7, 11) is 0. The number of carboxylic acids is 1. The Morgan fingerprint density at radius 2 is 2.25 bits per heavy atom. The van der Waals surface area contributed by atoms with Crippen molar-refractivity contribution in [2.75, 3.05) is 0 Å². The first-order valence-electron chi connectivity index (χ1n) is 3.97. The molecule has 0 aliphatic rings. The predicted octanol–water partition coefficient (Wildman–Crippen LogP) is 1.65. The molecule has 0 aromatic heterocycles. The number of hydrogen-bond donors (Lipinski definition) is 1. The second-order valence-corrected chi connectivity index (χ2v) is 2.69. The van der Waals surface area contributed by atoms with Crippen molar-refractivity contribution >= 4 is 11.7 Å². The van der Waals surface area contributed by atoms with Gasteiger partial charge in [0.25, 0.3) is 0 Å². The lowest BCUT2D eigenvalue weighted by Gasteiger charge is -2.06. The van der Waals surface area contributed by atoms with Crippen molar-refractivity contribution in [2.45, 2.75) is 39.7 Å². The fourth-order valence-corrected chi connectivity index (χ4v) is 0.528. The SMILES string of the molecule is CC/C(C)=N\OC(C)CC(=O)O. The van der Waals surface area contributed by atoms with Crippen LogP contribution in [0.25, 0.3) is 0 Å². The van der Waals surface area contributed by atoms with Gasteiger partial charge in [-0.05, 0) is 20.3 Å². The fraction of sp³-hybridized carbons (Fsp3) is 0.750. The largest absolute Gasteiger partial charge is 0.481 e. The third-order valence-corrected chi connectivity index (χ3v) is 1.36. The standard InChI is InChI=1S/C8H15NO3/c1-4-6(2)9-12-7(3)5-8(10)11/h7H,4-5H2,1-3H3,(H,10,11)/b9-6-. The van der Waals surface area contributed by atoms with Crippen LogP contribution in [0.2, 0.25) is 0 Å². The minimum atomic E-state index is -0.869. The molecule has 0 rings (SSSR count). The summed E-state index contributed by atoms with van der Waals surface area (Å²) in [6.07, 6.45) is 0.448. The molecular formula is C8H15NO3. The Balaban J connectivity index is 3.70. The van der Waals surface area contributed by atoms with Crippen LogP contribution in [0.3, 0.4) is 0 Å². The molecule has 12 heavy (non-hydrogen) atoms. The zero-order chi connectivity index (χ0) is 9.56. The van der Waals surface area contributed by atoms with Gasteiger partial charge in [-0.1, -0.05) is 12.1 Å². The topological polar surface area (TPSA) is 58.9 Å². The van der Waals surface area contributed by atoms with Crippen LogP contribution in [0, 0.1) is 0 Å². The Bertz CT molecular complexity index is 177. The average Bonchev–Trinajstić information content (AvgIpc) is 1.99. The molecule has 0 saturated heterocycles. The van der Waals surface area contributed by atoms with Gasteiger partial charge in [-0.2, -0.15) is 0 Å². The predicted molar refractivity (Wildman–Crippen MR) is 46.2 cm³/mol. The van der Waals surface area contributed by atoms with Crippen molar-refractivity contribution in [3.05, 3.63) is 0 Å². The van der Waals surface area contributed by atoms with E-state index in [-0.39, 0.29) is 12.5 Å². The number of carboxylic acid groups (broad SMARTS) is 1. The Kier molecular flexibility index (Phi) is 5.08. The normalized spacial score (nSPS) is 14.1. The van der Waals surface area contributed by atoms with Gasteiger partial charge in [0, 0.05) is 0 Å². The number of rotatable bonds is 5. The van der Waals surface area contributed by atoms with Gasteiger partial charge >= 0.3 is 5.97 Å². The third kappa shape index (κ3) is 5.70. The van der Waals surface area contributed by atoms with Gasteiger partial charge < -0.3 is 9.94 Å². The van der Waals surface area contributed by atoms with Crippen LogP contribution in [0.1, 0.15) is 33.6 Å². The van der Waals surface area contributed by atoms with E-state index >= 15 is 0 Å². The van der Waals surface area contributed by atoms with Gasteiger partial charge in [0.15, 0.2) is 0 Å². The average molecular weight is 173 g/mol. The van der Waals surface area contributed by atoms with E-state index in [9.17, 15) is 4.79 Å². The molecule has 0 aliphatic heterocycles. The van der Waals surface area contributed by atoms with Gasteiger partial charge in [0.05, 0.1) is 12.1 Å². The van der Waals surface area contributed by atoms with Crippen LogP contribution >= 0.6 is 0 Å². The number of carbonyl (C=O) groups is 1. The summed E-state index contributed by atoms with van der Waals surface area (Å²) >= 11 is 0. The smallest absolute Gasteiger partial charge is 0.307 e. The van der Waals surface area contributed by atoms with Gasteiger partial charge in [-0.15, -0.1) is 0 Å². The molecule has 0 aromatic rings. The Morgan fingerprint density at radius 3 is 2.67 bits per heavy atom. The first-order valence-corrected chi connectivity index (χ1v) is 3.97. The molecule has 1 N–H and O–H groups in total. The summed E-state index contributed by atoms with van der Waals surface area (Å²) in [5.74, 6) is -0.869. The van der Waals surface area contributed by atoms with Gasteiger partial charge in [0.2, 0.25) is 0 Å². The first-order chi connectivity index (χ1) is 5.56. The van der Waals surface area contributed by atoms with Crippen LogP contribution in [0.5, 0.6) is 0 Å². The molecular weight excluding hydrogens is 158 g/mol. The lowest BCUT2D eigenvalue weighted by molar-refractivity contribution is -0.139. The summed E-state index contributed by atoms with van der Waals surface area (Å²) in [4.78, 5) is 15.1. The number of oxime groups is 1. The van der Waals surface area contributed by atoms with Crippen LogP contribution in [0.15, 0.2) is 5.16 Å². The minimum absolute atomic E-state index is 0.0134. The molecule has 1 atom stereocenters. The molecule has 4 heteroatoms. The van der Waals surface area contributed by atoms with E-state index in [1.807, 2.05) is 13.8 Å². The maximum atomic E-state index is 10.2. The highest BCUT2D eigenvalue weighted by Gasteiger charge is 2.07. The van der Waals surface area contributed by atoms with Crippen LogP contribution in [-0.4, -0.2) is 22.9 Å². The van der Waals surface area contributed by atoms with E-state index in [2.05, 4.69) is 5.16 Å². The van der Waals surface area contributed by atoms with Gasteiger partial charge in [0.1, 0.15) is 6.10 Å². The molecule has 0 radical (unpaired) electrons. The quantitative estimate of drug-likeness (QED) is 0.508. The highest BCUT2D eigenvalue weighted by Crippen LogP contribution is 1.98. The molecule has 70 valence electrons. The molecule has 0 heterocycles. The minimum Gasteiger partial charge on any atom is -0.481 e. The first kappa shape index (κ1) is 10.9. The van der Waals surface area contributed by atoms with Crippen molar-refractivity contribution in [3.63, 3.8) is 0 Å². The molecule has 0 spiro atoms. The second kappa shape index (κ2) is 5.57. The van der Waals surface area contributed by atoms with Crippen LogP contribution in [-0.2, 0) is 9.63 Å². The van der Waals surface area contributed by atoms with Crippen LogP contribution in [0.4, 0.5) is 0 Å². The molecule has 0 fully saturated rings. The molecule has 0 amide bonds. The third-order valence-electron chi connectivity index (χ3n) is 1.36. The van der Waals surface area contributed by atoms with Crippen molar-refractivity contribution in [1.29, 1.82) is 0 Å². The van der Waals surface area contributed by atoms with Crippen molar-refractivity contribution in [1.82, 2.24) is 0 Å². The Hall–Kier alpha value is -1.06. The summed E-state index contributed by atoms with van der Waals surface area (Å²) in [6, 6.07) is 0. The summed E-state index contributed by atoms with van der Waals surface area (Å²) < 4.78 is 0. The lowest BCUT2D eigenvalue weighted by Crippen LogP contribution is -2.11. The zero-order valence-corrected chi connectivity index (χ0v) is 7.70. The molecule has 0 aromatic carbocycles. The van der Waals surface area contributed by atoms with E-state index in [1.54, 1.807) is 6.92 Å². The maximum absolute atomic E-state index is 10.2. The number of hydrogen-bond acceptors (Lipinski definition) is 3. The van der Waals surface area contributed by atoms with E-state index in [0.29, 0.717) is 0 Å². The van der Waals surface area contributed by atoms with E-state index in [1.165, 1.54) is 0 Å². The summed E-state index contributed by atoms with van der Waals surface area (Å²) in [5, 5.41) is 12.1. The number of nitrogens with zero attached hydrogens (tertiary/aromatic N) is 1. The van der Waals surface area contributed by atoms with Crippen molar-refractivity contribution < 1.29 is 14.7 Å². The summed E-state index contributed by atoms with van der Waals surface area (Å²) in [5.41, 5.74) is 0.868. The van der Waals surface area contributed by atoms with Crippen LogP contribution < -0.4 is 0 Å². The molecule has 0 saturated carbocycles. The fourth-order valence-electron chi connectivity index (χ4n) is 0.528. The van der Waals surface area contributed by atoms with E-state index < -0.39 is 5.97 Å². The number of aliphatic carboxylic acids is 1. The highest BCUT2D eigenvalue weighted by molar-refractivity contribution is 5.80. The van der Waals surface area contributed by atoms with Crippen molar-refractivity contribution in [2.24, 2.45) is 5.16 Å². The van der Waals surface area contributed by atoms with E-state index in [0.717, 1.165) is 12.1 Å². The Morgan fingerprint density at radius 1 is 1.67 bits per heavy atom. The zero-order valence-electron chi connectivity index (χ0n) is 7.70. The molecule has 0 aliphatic carbocycles. The molecule has 0 bridgehead atoms. The maximum Gasteiger partial charge on any atom is 0.307 e. The highest BCUT2D eigenvalue weighted by atomic mass is 16.6. The monoisotopic (exact) mass is 173 g/mol. The molecule has 1 unspecified atom stereocenters. The lowest BCUT2D eigenvalue weighted by atomic mass is 10.3. The Labute approximate surface area is 72.2 Å². The summed E-state index contributed by atoms with van der Waals surface area (Å²) in [6.45, 7) is 5.48. The van der Waals surface area contributed by atoms with Crippen molar-refractivity contribution in [3.8, 4) is 0 Å². The van der Waals surface area contributed by atoms with Gasteiger partial charge in [-0.25, -0.2) is 0 Å². The molecule has 4 nitrogen and oxygen atoms in total. The second-order valence-electron chi connectivity index (χ2n) is 2.69. The van der Waals surface area contributed by atoms with Gasteiger partial charge in [-0.3, -0.25) is 4.79 Å². The van der Waals surface area contributed by atoms with E-state index in [4.69, 9.17) is 9.94 Å².